The summed E-state index contributed by atoms with van der Waals surface area (Å²) in [6, 6.07) is 0. The van der Waals surface area contributed by atoms with Crippen LogP contribution in [0.5, 0.6) is 0 Å². The first-order valence-electron chi connectivity index (χ1n) is 5.62. The molecule has 6 heteroatoms. The number of hydrogen-bond acceptors (Lipinski definition) is 5. The average molecular weight is 257 g/mol. The number of carbonyl (C=O) groups excluding carboxylic acids is 1. The molecule has 0 aliphatic heterocycles. The lowest BCUT2D eigenvalue weighted by Crippen LogP contribution is -2.29. The van der Waals surface area contributed by atoms with Crippen LogP contribution >= 0.6 is 11.3 Å². The Morgan fingerprint density at radius 3 is 3.00 bits per heavy atom. The van der Waals surface area contributed by atoms with E-state index in [-0.39, 0.29) is 5.91 Å². The Labute approximate surface area is 105 Å². The SMILES string of the molecule is CC(O)CCN(C)C(=O)c1csc(CCN)n1. The molecule has 5 nitrogen and oxygen atoms in total. The summed E-state index contributed by atoms with van der Waals surface area (Å²) in [5.74, 6) is -0.106. The van der Waals surface area contributed by atoms with Crippen molar-refractivity contribution in [3.63, 3.8) is 0 Å². The molecule has 1 aromatic rings. The van der Waals surface area contributed by atoms with Gasteiger partial charge in [-0.05, 0) is 19.9 Å². The molecule has 3 N–H and O–H groups in total. The third-order valence-electron chi connectivity index (χ3n) is 2.36. The zero-order valence-electron chi connectivity index (χ0n) is 10.2. The molecule has 1 amide bonds. The van der Waals surface area contributed by atoms with Gasteiger partial charge in [0.05, 0.1) is 11.1 Å². The highest BCUT2D eigenvalue weighted by Gasteiger charge is 2.15. The summed E-state index contributed by atoms with van der Waals surface area (Å²) in [4.78, 5) is 17.7. The van der Waals surface area contributed by atoms with Gasteiger partial charge in [-0.25, -0.2) is 4.98 Å². The minimum Gasteiger partial charge on any atom is -0.393 e. The van der Waals surface area contributed by atoms with Crippen molar-refractivity contribution in [1.82, 2.24) is 9.88 Å². The molecule has 1 heterocycles. The van der Waals surface area contributed by atoms with E-state index in [2.05, 4.69) is 4.98 Å². The van der Waals surface area contributed by atoms with Crippen LogP contribution in [0, 0.1) is 0 Å². The van der Waals surface area contributed by atoms with Crippen LogP contribution in [0.15, 0.2) is 5.38 Å². The van der Waals surface area contributed by atoms with E-state index in [1.165, 1.54) is 11.3 Å². The van der Waals surface area contributed by atoms with Crippen molar-refractivity contribution in [3.05, 3.63) is 16.1 Å². The zero-order chi connectivity index (χ0) is 12.8. The van der Waals surface area contributed by atoms with Gasteiger partial charge in [-0.15, -0.1) is 11.3 Å². The van der Waals surface area contributed by atoms with E-state index in [9.17, 15) is 4.79 Å². The van der Waals surface area contributed by atoms with Gasteiger partial charge in [0.25, 0.3) is 5.91 Å². The summed E-state index contributed by atoms with van der Waals surface area (Å²) < 4.78 is 0. The van der Waals surface area contributed by atoms with E-state index in [4.69, 9.17) is 10.8 Å². The Morgan fingerprint density at radius 1 is 1.71 bits per heavy atom. The van der Waals surface area contributed by atoms with Crippen LogP contribution in [0.4, 0.5) is 0 Å². The maximum absolute atomic E-state index is 11.9. The number of aliphatic hydroxyl groups excluding tert-OH is 1. The molecule has 0 aromatic carbocycles. The van der Waals surface area contributed by atoms with Crippen LogP contribution in [-0.4, -0.2) is 47.1 Å². The Balaban J connectivity index is 2.55. The molecule has 0 spiro atoms. The Kier molecular flexibility index (Phi) is 5.54. The number of rotatable bonds is 6. The van der Waals surface area contributed by atoms with E-state index in [0.29, 0.717) is 31.6 Å². The third-order valence-corrected chi connectivity index (χ3v) is 3.27. The fraction of sp³-hybridized carbons (Fsp3) is 0.636. The Bertz CT molecular complexity index is 365. The van der Waals surface area contributed by atoms with Gasteiger partial charge < -0.3 is 15.7 Å². The van der Waals surface area contributed by atoms with Gasteiger partial charge in [-0.1, -0.05) is 0 Å². The van der Waals surface area contributed by atoms with Gasteiger partial charge in [0.2, 0.25) is 0 Å². The van der Waals surface area contributed by atoms with Crippen molar-refractivity contribution in [1.29, 1.82) is 0 Å². The molecule has 1 unspecified atom stereocenters. The second-order valence-electron chi connectivity index (χ2n) is 4.03. The quantitative estimate of drug-likeness (QED) is 0.777. The molecule has 0 radical (unpaired) electrons. The lowest BCUT2D eigenvalue weighted by Gasteiger charge is -2.16. The first-order chi connectivity index (χ1) is 8.04. The van der Waals surface area contributed by atoms with Crippen molar-refractivity contribution in [2.75, 3.05) is 20.1 Å². The van der Waals surface area contributed by atoms with Crippen molar-refractivity contribution in [2.45, 2.75) is 25.9 Å². The van der Waals surface area contributed by atoms with Crippen molar-refractivity contribution in [2.24, 2.45) is 5.73 Å². The topological polar surface area (TPSA) is 79.5 Å². The van der Waals surface area contributed by atoms with Crippen LogP contribution in [-0.2, 0) is 6.42 Å². The molecule has 0 aliphatic rings. The van der Waals surface area contributed by atoms with Crippen molar-refractivity contribution >= 4 is 17.2 Å². The summed E-state index contributed by atoms with van der Waals surface area (Å²) in [7, 11) is 1.71. The van der Waals surface area contributed by atoms with Crippen LogP contribution in [0.2, 0.25) is 0 Å². The Morgan fingerprint density at radius 2 is 2.41 bits per heavy atom. The summed E-state index contributed by atoms with van der Waals surface area (Å²) in [5, 5.41) is 11.8. The van der Waals surface area contributed by atoms with Gasteiger partial charge in [-0.2, -0.15) is 0 Å². The number of nitrogens with two attached hydrogens (primary N) is 1. The lowest BCUT2D eigenvalue weighted by atomic mass is 10.2. The predicted octanol–water partition coefficient (Wildman–Crippen LogP) is 0.487. The standard InChI is InChI=1S/C11H19N3O2S/c1-8(15)4-6-14(2)11(16)9-7-17-10(13-9)3-5-12/h7-8,15H,3-6,12H2,1-2H3. The third kappa shape index (κ3) is 4.41. The molecular formula is C11H19N3O2S. The van der Waals surface area contributed by atoms with Crippen LogP contribution in [0.1, 0.15) is 28.8 Å². The van der Waals surface area contributed by atoms with E-state index in [0.717, 1.165) is 5.01 Å². The van der Waals surface area contributed by atoms with Gasteiger partial charge in [0.15, 0.2) is 0 Å². The van der Waals surface area contributed by atoms with E-state index >= 15 is 0 Å². The number of carbonyl (C=O) groups is 1. The van der Waals surface area contributed by atoms with E-state index < -0.39 is 6.10 Å². The minimum absolute atomic E-state index is 0.106. The first kappa shape index (κ1) is 14.1. The molecule has 0 saturated heterocycles. The molecule has 0 aliphatic carbocycles. The van der Waals surface area contributed by atoms with Gasteiger partial charge in [0, 0.05) is 25.4 Å². The second-order valence-corrected chi connectivity index (χ2v) is 4.97. The maximum Gasteiger partial charge on any atom is 0.273 e. The maximum atomic E-state index is 11.9. The average Bonchev–Trinajstić information content (AvgIpc) is 2.74. The molecule has 1 atom stereocenters. The highest BCUT2D eigenvalue weighted by Crippen LogP contribution is 2.12. The largest absolute Gasteiger partial charge is 0.393 e. The predicted molar refractivity (Wildman–Crippen MR) is 68.1 cm³/mol. The number of nitrogens with zero attached hydrogens (tertiary/aromatic N) is 2. The smallest absolute Gasteiger partial charge is 0.273 e. The molecule has 0 bridgehead atoms. The minimum atomic E-state index is -0.395. The number of hydrogen-bond donors (Lipinski definition) is 2. The molecule has 1 aromatic heterocycles. The zero-order valence-corrected chi connectivity index (χ0v) is 11.0. The van der Waals surface area contributed by atoms with Crippen molar-refractivity contribution in [3.8, 4) is 0 Å². The molecule has 96 valence electrons. The number of thiazole rings is 1. The van der Waals surface area contributed by atoms with Crippen LogP contribution in [0.3, 0.4) is 0 Å². The van der Waals surface area contributed by atoms with Crippen LogP contribution in [0.25, 0.3) is 0 Å². The summed E-state index contributed by atoms with van der Waals surface area (Å²) in [5.41, 5.74) is 5.89. The highest BCUT2D eigenvalue weighted by molar-refractivity contribution is 7.09. The lowest BCUT2D eigenvalue weighted by molar-refractivity contribution is 0.0764. The summed E-state index contributed by atoms with van der Waals surface area (Å²) >= 11 is 1.46. The normalized spacial score (nSPS) is 12.5. The highest BCUT2D eigenvalue weighted by atomic mass is 32.1. The van der Waals surface area contributed by atoms with Gasteiger partial charge >= 0.3 is 0 Å². The molecule has 1 rings (SSSR count). The van der Waals surface area contributed by atoms with E-state index in [1.54, 1.807) is 24.3 Å². The number of aliphatic hydroxyl groups is 1. The van der Waals surface area contributed by atoms with E-state index in [1.807, 2.05) is 0 Å². The van der Waals surface area contributed by atoms with Crippen LogP contribution < -0.4 is 5.73 Å². The Hall–Kier alpha value is -0.980. The number of aromatic nitrogens is 1. The summed E-state index contributed by atoms with van der Waals surface area (Å²) in [6.07, 6.45) is 0.880. The first-order valence-corrected chi connectivity index (χ1v) is 6.50. The molecular weight excluding hydrogens is 238 g/mol. The molecule has 17 heavy (non-hydrogen) atoms. The van der Waals surface area contributed by atoms with Gasteiger partial charge in [-0.3, -0.25) is 4.79 Å². The monoisotopic (exact) mass is 257 g/mol. The van der Waals surface area contributed by atoms with Crippen molar-refractivity contribution < 1.29 is 9.90 Å². The molecule has 0 saturated carbocycles. The number of amides is 1. The molecule has 0 fully saturated rings. The summed E-state index contributed by atoms with van der Waals surface area (Å²) in [6.45, 7) is 2.78. The fourth-order valence-electron chi connectivity index (χ4n) is 1.32. The van der Waals surface area contributed by atoms with Gasteiger partial charge in [0.1, 0.15) is 5.69 Å². The second kappa shape index (κ2) is 6.68. The fourth-order valence-corrected chi connectivity index (χ4v) is 2.11.